The molecule has 1 amide bonds. The molecule has 1 atom stereocenters. The number of hydrogen-bond donors (Lipinski definition) is 2. The van der Waals surface area contributed by atoms with E-state index in [1.165, 1.54) is 5.56 Å². The molecule has 0 aliphatic carbocycles. The molecule has 4 nitrogen and oxygen atoms in total. The summed E-state index contributed by atoms with van der Waals surface area (Å²) in [6, 6.07) is 8.23. The molecule has 2 N–H and O–H groups in total. The van der Waals surface area contributed by atoms with E-state index in [1.54, 1.807) is 0 Å². The summed E-state index contributed by atoms with van der Waals surface area (Å²) in [4.78, 5) is 12.0. The molecule has 1 aliphatic rings. The van der Waals surface area contributed by atoms with Crippen LogP contribution in [0.1, 0.15) is 37.8 Å². The molecular weight excluding hydrogens is 290 g/mol. The maximum absolute atomic E-state index is 12.0. The summed E-state index contributed by atoms with van der Waals surface area (Å²) in [5, 5.41) is 13.0. The molecule has 2 rings (SSSR count). The summed E-state index contributed by atoms with van der Waals surface area (Å²) in [5.41, 5.74) is 2.31. The molecule has 0 radical (unpaired) electrons. The summed E-state index contributed by atoms with van der Waals surface area (Å²) in [5.74, 6) is 0.836. The van der Waals surface area contributed by atoms with E-state index in [-0.39, 0.29) is 11.8 Å². The molecule has 1 heterocycles. The molecule has 1 saturated heterocycles. The van der Waals surface area contributed by atoms with Crippen LogP contribution >= 0.6 is 0 Å². The third kappa shape index (κ3) is 6.32. The molecule has 1 fully saturated rings. The van der Waals surface area contributed by atoms with Crippen LogP contribution in [0.3, 0.4) is 0 Å². The van der Waals surface area contributed by atoms with Crippen molar-refractivity contribution >= 4 is 5.91 Å². The molecule has 1 aliphatic heterocycles. The first-order chi connectivity index (χ1) is 11.0. The van der Waals surface area contributed by atoms with Crippen molar-refractivity contribution < 1.29 is 14.6 Å². The van der Waals surface area contributed by atoms with E-state index in [9.17, 15) is 9.90 Å². The minimum atomic E-state index is -0.476. The molecule has 0 bridgehead atoms. The van der Waals surface area contributed by atoms with Crippen LogP contribution in [-0.4, -0.2) is 36.9 Å². The summed E-state index contributed by atoms with van der Waals surface area (Å²) in [6.07, 6.45) is 2.69. The van der Waals surface area contributed by atoms with Crippen molar-refractivity contribution in [3.05, 3.63) is 35.4 Å². The highest BCUT2D eigenvalue weighted by atomic mass is 16.5. The summed E-state index contributed by atoms with van der Waals surface area (Å²) < 4.78 is 5.29. The van der Waals surface area contributed by atoms with Gasteiger partial charge in [-0.3, -0.25) is 4.79 Å². The van der Waals surface area contributed by atoms with Crippen LogP contribution in [0, 0.1) is 11.8 Å². The molecule has 4 heteroatoms. The van der Waals surface area contributed by atoms with Crippen molar-refractivity contribution in [1.29, 1.82) is 0 Å². The Kier molecular flexibility index (Phi) is 7.06. The second-order valence-corrected chi connectivity index (χ2v) is 6.91. The van der Waals surface area contributed by atoms with Crippen LogP contribution in [-0.2, 0) is 22.4 Å². The van der Waals surface area contributed by atoms with Crippen LogP contribution in [0.4, 0.5) is 0 Å². The Labute approximate surface area is 139 Å². The topological polar surface area (TPSA) is 58.6 Å². The average Bonchev–Trinajstić information content (AvgIpc) is 2.55. The smallest absolute Gasteiger partial charge is 0.224 e. The maximum Gasteiger partial charge on any atom is 0.224 e. The normalized spacial score (nSPS) is 17.2. The van der Waals surface area contributed by atoms with Gasteiger partial charge >= 0.3 is 0 Å². The van der Waals surface area contributed by atoms with E-state index in [0.29, 0.717) is 32.1 Å². The molecule has 1 aromatic carbocycles. The monoisotopic (exact) mass is 319 g/mol. The van der Waals surface area contributed by atoms with Crippen molar-refractivity contribution in [2.45, 2.75) is 45.6 Å². The third-order valence-corrected chi connectivity index (χ3v) is 4.35. The van der Waals surface area contributed by atoms with Gasteiger partial charge in [0, 0.05) is 19.8 Å². The fraction of sp³-hybridized carbons (Fsp3) is 0.632. The number of amides is 1. The van der Waals surface area contributed by atoms with Crippen molar-refractivity contribution in [3.8, 4) is 0 Å². The molecule has 0 aromatic heterocycles. The van der Waals surface area contributed by atoms with Crippen molar-refractivity contribution in [2.24, 2.45) is 11.8 Å². The fourth-order valence-electron chi connectivity index (χ4n) is 3.00. The van der Waals surface area contributed by atoms with Crippen molar-refractivity contribution in [2.75, 3.05) is 19.8 Å². The Hall–Kier alpha value is -1.39. The Morgan fingerprint density at radius 3 is 2.43 bits per heavy atom. The molecule has 0 saturated carbocycles. The van der Waals surface area contributed by atoms with Gasteiger partial charge in [-0.05, 0) is 42.2 Å². The van der Waals surface area contributed by atoms with Gasteiger partial charge in [0.25, 0.3) is 0 Å². The van der Waals surface area contributed by atoms with E-state index in [2.05, 4.69) is 31.3 Å². The van der Waals surface area contributed by atoms with Gasteiger partial charge in [-0.2, -0.15) is 0 Å². The zero-order valence-electron chi connectivity index (χ0n) is 14.3. The van der Waals surface area contributed by atoms with Crippen LogP contribution in [0.15, 0.2) is 24.3 Å². The summed E-state index contributed by atoms with van der Waals surface area (Å²) >= 11 is 0. The Morgan fingerprint density at radius 1 is 1.22 bits per heavy atom. The Bertz CT molecular complexity index is 478. The van der Waals surface area contributed by atoms with Crippen LogP contribution in [0.2, 0.25) is 0 Å². The number of ether oxygens (including phenoxy) is 1. The van der Waals surface area contributed by atoms with Gasteiger partial charge in [-0.15, -0.1) is 0 Å². The number of carbonyl (C=O) groups excluding carboxylic acids is 1. The number of aliphatic hydroxyl groups is 1. The number of hydrogen-bond acceptors (Lipinski definition) is 3. The summed E-state index contributed by atoms with van der Waals surface area (Å²) in [6.45, 7) is 6.14. The van der Waals surface area contributed by atoms with Gasteiger partial charge in [-0.1, -0.05) is 38.1 Å². The minimum Gasteiger partial charge on any atom is -0.391 e. The van der Waals surface area contributed by atoms with E-state index in [0.717, 1.165) is 24.8 Å². The molecule has 23 heavy (non-hydrogen) atoms. The van der Waals surface area contributed by atoms with Gasteiger partial charge in [0.2, 0.25) is 5.91 Å². The van der Waals surface area contributed by atoms with Crippen LogP contribution in [0.5, 0.6) is 0 Å². The Balaban J connectivity index is 1.73. The van der Waals surface area contributed by atoms with Gasteiger partial charge in [0.15, 0.2) is 0 Å². The number of nitrogens with one attached hydrogen (secondary N) is 1. The van der Waals surface area contributed by atoms with Crippen molar-refractivity contribution in [1.82, 2.24) is 5.32 Å². The zero-order valence-corrected chi connectivity index (χ0v) is 14.3. The number of carbonyl (C=O) groups is 1. The first-order valence-electron chi connectivity index (χ1n) is 8.65. The molecule has 1 aromatic rings. The lowest BCUT2D eigenvalue weighted by atomic mass is 9.94. The van der Waals surface area contributed by atoms with Gasteiger partial charge in [0.05, 0.1) is 12.5 Å². The van der Waals surface area contributed by atoms with Gasteiger partial charge in [0.1, 0.15) is 0 Å². The van der Waals surface area contributed by atoms with E-state index in [1.807, 2.05) is 12.1 Å². The van der Waals surface area contributed by atoms with E-state index >= 15 is 0 Å². The number of rotatable bonds is 7. The predicted molar refractivity (Wildman–Crippen MR) is 91.2 cm³/mol. The molecular formula is C19H29NO3. The Morgan fingerprint density at radius 2 is 1.83 bits per heavy atom. The lowest BCUT2D eigenvalue weighted by Crippen LogP contribution is -2.38. The SMILES string of the molecule is CC(C)Cc1ccc(CC(=O)NC[C@@H](O)C2CCOCC2)cc1. The second kappa shape index (κ2) is 9.04. The second-order valence-electron chi connectivity index (χ2n) is 6.91. The van der Waals surface area contributed by atoms with E-state index in [4.69, 9.17) is 4.74 Å². The third-order valence-electron chi connectivity index (χ3n) is 4.35. The highest BCUT2D eigenvalue weighted by Crippen LogP contribution is 2.18. The standard InChI is InChI=1S/C19H29NO3/c1-14(2)11-15-3-5-16(6-4-15)12-19(22)20-13-18(21)17-7-9-23-10-8-17/h3-6,14,17-18,21H,7-13H2,1-2H3,(H,20,22)/t18-/m1/s1. The van der Waals surface area contributed by atoms with Crippen LogP contribution in [0.25, 0.3) is 0 Å². The molecule has 0 unspecified atom stereocenters. The zero-order chi connectivity index (χ0) is 16.7. The number of benzene rings is 1. The van der Waals surface area contributed by atoms with E-state index < -0.39 is 6.10 Å². The number of aliphatic hydroxyl groups excluding tert-OH is 1. The van der Waals surface area contributed by atoms with Gasteiger partial charge in [-0.25, -0.2) is 0 Å². The highest BCUT2D eigenvalue weighted by molar-refractivity contribution is 5.78. The maximum atomic E-state index is 12.0. The lowest BCUT2D eigenvalue weighted by Gasteiger charge is -2.26. The minimum absolute atomic E-state index is 0.0345. The average molecular weight is 319 g/mol. The first-order valence-corrected chi connectivity index (χ1v) is 8.65. The van der Waals surface area contributed by atoms with Crippen molar-refractivity contribution in [3.63, 3.8) is 0 Å². The van der Waals surface area contributed by atoms with Crippen LogP contribution < -0.4 is 5.32 Å². The summed E-state index contributed by atoms with van der Waals surface area (Å²) in [7, 11) is 0. The highest BCUT2D eigenvalue weighted by Gasteiger charge is 2.22. The molecule has 0 spiro atoms. The predicted octanol–water partition coefficient (Wildman–Crippen LogP) is 2.33. The first kappa shape index (κ1) is 18.0. The molecule has 128 valence electrons. The lowest BCUT2D eigenvalue weighted by molar-refractivity contribution is -0.121. The quantitative estimate of drug-likeness (QED) is 0.811. The largest absolute Gasteiger partial charge is 0.391 e. The van der Waals surface area contributed by atoms with Gasteiger partial charge < -0.3 is 15.2 Å². The fourth-order valence-corrected chi connectivity index (χ4v) is 3.00.